The Morgan fingerprint density at radius 3 is 2.77 bits per heavy atom. The molecule has 1 aliphatic heterocycles. The van der Waals surface area contributed by atoms with Gasteiger partial charge in [0.05, 0.1) is 0 Å². The normalized spacial score (nSPS) is 26.6. The third-order valence-electron chi connectivity index (χ3n) is 2.79. The average Bonchev–Trinajstić information content (AvgIpc) is 2.27. The van der Waals surface area contributed by atoms with Gasteiger partial charge in [0.15, 0.2) is 0 Å². The van der Waals surface area contributed by atoms with Crippen LogP contribution in [0.25, 0.3) is 0 Å². The minimum absolute atomic E-state index is 0.189. The summed E-state index contributed by atoms with van der Waals surface area (Å²) >= 11 is 0. The zero-order valence-electron chi connectivity index (χ0n) is 8.07. The van der Waals surface area contributed by atoms with Gasteiger partial charge in [0.25, 0.3) is 0 Å². The maximum absolute atomic E-state index is 10.7. The quantitative estimate of drug-likeness (QED) is 0.644. The fourth-order valence-corrected chi connectivity index (χ4v) is 1.84. The van der Waals surface area contributed by atoms with Gasteiger partial charge in [-0.2, -0.15) is 0 Å². The SMILES string of the molecule is C[C@H](N)C1CCCN(C(=O)O)CC1. The van der Waals surface area contributed by atoms with Gasteiger partial charge in [0, 0.05) is 19.1 Å². The van der Waals surface area contributed by atoms with Crippen LogP contribution in [0.1, 0.15) is 26.2 Å². The number of nitrogens with zero attached hydrogens (tertiary/aromatic N) is 1. The van der Waals surface area contributed by atoms with E-state index in [1.807, 2.05) is 6.92 Å². The highest BCUT2D eigenvalue weighted by atomic mass is 16.4. The van der Waals surface area contributed by atoms with Crippen molar-refractivity contribution in [3.63, 3.8) is 0 Å². The number of carboxylic acid groups (broad SMARTS) is 1. The summed E-state index contributed by atoms with van der Waals surface area (Å²) in [5, 5.41) is 8.78. The van der Waals surface area contributed by atoms with Crippen LogP contribution in [-0.4, -0.2) is 35.2 Å². The minimum Gasteiger partial charge on any atom is -0.465 e. The first kappa shape index (κ1) is 10.3. The highest BCUT2D eigenvalue weighted by Crippen LogP contribution is 2.19. The third kappa shape index (κ3) is 2.88. The van der Waals surface area contributed by atoms with Crippen LogP contribution in [0.4, 0.5) is 4.79 Å². The van der Waals surface area contributed by atoms with Gasteiger partial charge in [-0.3, -0.25) is 0 Å². The Hall–Kier alpha value is -0.770. The van der Waals surface area contributed by atoms with Gasteiger partial charge in [-0.05, 0) is 32.1 Å². The maximum Gasteiger partial charge on any atom is 0.407 e. The van der Waals surface area contributed by atoms with Crippen LogP contribution >= 0.6 is 0 Å². The Morgan fingerprint density at radius 2 is 2.23 bits per heavy atom. The van der Waals surface area contributed by atoms with Gasteiger partial charge in [-0.15, -0.1) is 0 Å². The predicted octanol–water partition coefficient (Wildman–Crippen LogP) is 1.11. The first-order valence-electron chi connectivity index (χ1n) is 4.84. The summed E-state index contributed by atoms with van der Waals surface area (Å²) in [6.45, 7) is 3.31. The molecule has 0 radical (unpaired) electrons. The molecule has 1 amide bonds. The van der Waals surface area contributed by atoms with Gasteiger partial charge >= 0.3 is 6.09 Å². The Bertz CT molecular complexity index is 182. The molecule has 0 bridgehead atoms. The van der Waals surface area contributed by atoms with E-state index in [0.29, 0.717) is 19.0 Å². The lowest BCUT2D eigenvalue weighted by Gasteiger charge is -2.18. The number of rotatable bonds is 1. The monoisotopic (exact) mass is 186 g/mol. The van der Waals surface area contributed by atoms with Crippen LogP contribution in [0, 0.1) is 5.92 Å². The van der Waals surface area contributed by atoms with Crippen molar-refractivity contribution in [2.45, 2.75) is 32.2 Å². The molecule has 1 rings (SSSR count). The molecule has 1 aliphatic rings. The van der Waals surface area contributed by atoms with Crippen LogP contribution in [0.5, 0.6) is 0 Å². The molecule has 3 N–H and O–H groups in total. The van der Waals surface area contributed by atoms with Crippen molar-refractivity contribution in [1.29, 1.82) is 0 Å². The molecule has 0 aromatic rings. The van der Waals surface area contributed by atoms with Crippen LogP contribution in [0.3, 0.4) is 0 Å². The van der Waals surface area contributed by atoms with Crippen LogP contribution in [0.15, 0.2) is 0 Å². The molecule has 4 heteroatoms. The summed E-state index contributed by atoms with van der Waals surface area (Å²) in [7, 11) is 0. The molecule has 2 atom stereocenters. The zero-order valence-corrected chi connectivity index (χ0v) is 8.07. The molecular formula is C9H18N2O2. The summed E-state index contributed by atoms with van der Waals surface area (Å²) < 4.78 is 0. The first-order valence-corrected chi connectivity index (χ1v) is 4.84. The van der Waals surface area contributed by atoms with E-state index < -0.39 is 6.09 Å². The smallest absolute Gasteiger partial charge is 0.407 e. The van der Waals surface area contributed by atoms with E-state index in [9.17, 15) is 4.79 Å². The van der Waals surface area contributed by atoms with E-state index in [1.165, 1.54) is 4.90 Å². The highest BCUT2D eigenvalue weighted by Gasteiger charge is 2.21. The second-order valence-electron chi connectivity index (χ2n) is 3.82. The summed E-state index contributed by atoms with van der Waals surface area (Å²) in [5.41, 5.74) is 5.79. The standard InChI is InChI=1S/C9H18N2O2/c1-7(10)8-3-2-5-11(6-4-8)9(12)13/h7-8H,2-6,10H2,1H3,(H,12,13)/t7-,8?/m0/s1. The molecule has 13 heavy (non-hydrogen) atoms. The Morgan fingerprint density at radius 1 is 1.54 bits per heavy atom. The van der Waals surface area contributed by atoms with E-state index in [-0.39, 0.29) is 6.04 Å². The molecule has 4 nitrogen and oxygen atoms in total. The molecule has 0 spiro atoms. The summed E-state index contributed by atoms with van der Waals surface area (Å²) in [5.74, 6) is 0.490. The fraction of sp³-hybridized carbons (Fsp3) is 0.889. The number of amides is 1. The van der Waals surface area contributed by atoms with Crippen molar-refractivity contribution >= 4 is 6.09 Å². The molecule has 1 unspecified atom stereocenters. The van der Waals surface area contributed by atoms with Gasteiger partial charge in [-0.1, -0.05) is 0 Å². The average molecular weight is 186 g/mol. The van der Waals surface area contributed by atoms with Crippen molar-refractivity contribution < 1.29 is 9.90 Å². The van der Waals surface area contributed by atoms with Crippen molar-refractivity contribution in [3.8, 4) is 0 Å². The molecular weight excluding hydrogens is 168 g/mol. The Balaban J connectivity index is 2.44. The van der Waals surface area contributed by atoms with E-state index in [1.54, 1.807) is 0 Å². The number of nitrogens with two attached hydrogens (primary N) is 1. The molecule has 76 valence electrons. The number of hydrogen-bond acceptors (Lipinski definition) is 2. The fourth-order valence-electron chi connectivity index (χ4n) is 1.84. The topological polar surface area (TPSA) is 66.6 Å². The second-order valence-corrected chi connectivity index (χ2v) is 3.82. The molecule has 0 aliphatic carbocycles. The lowest BCUT2D eigenvalue weighted by atomic mass is 9.94. The lowest BCUT2D eigenvalue weighted by molar-refractivity contribution is 0.146. The first-order chi connectivity index (χ1) is 6.11. The van der Waals surface area contributed by atoms with Crippen molar-refractivity contribution in [1.82, 2.24) is 4.90 Å². The molecule has 1 heterocycles. The summed E-state index contributed by atoms with van der Waals surface area (Å²) in [6.07, 6.45) is 2.11. The van der Waals surface area contributed by atoms with Gasteiger partial charge in [-0.25, -0.2) is 4.79 Å². The minimum atomic E-state index is -0.801. The molecule has 0 aromatic carbocycles. The number of carbonyl (C=O) groups is 1. The molecule has 1 saturated heterocycles. The Labute approximate surface area is 78.7 Å². The summed E-state index contributed by atoms with van der Waals surface area (Å²) in [4.78, 5) is 12.2. The van der Waals surface area contributed by atoms with E-state index in [4.69, 9.17) is 10.8 Å². The van der Waals surface area contributed by atoms with Gasteiger partial charge in [0.1, 0.15) is 0 Å². The second kappa shape index (κ2) is 4.46. The van der Waals surface area contributed by atoms with Crippen LogP contribution in [0.2, 0.25) is 0 Å². The highest BCUT2D eigenvalue weighted by molar-refractivity contribution is 5.64. The third-order valence-corrected chi connectivity index (χ3v) is 2.79. The number of hydrogen-bond donors (Lipinski definition) is 2. The van der Waals surface area contributed by atoms with E-state index in [0.717, 1.165) is 19.3 Å². The van der Waals surface area contributed by atoms with Gasteiger partial charge in [0.2, 0.25) is 0 Å². The van der Waals surface area contributed by atoms with Crippen LogP contribution in [-0.2, 0) is 0 Å². The molecule has 0 saturated carbocycles. The van der Waals surface area contributed by atoms with E-state index >= 15 is 0 Å². The lowest BCUT2D eigenvalue weighted by Crippen LogP contribution is -2.31. The maximum atomic E-state index is 10.7. The molecule has 1 fully saturated rings. The largest absolute Gasteiger partial charge is 0.465 e. The predicted molar refractivity (Wildman–Crippen MR) is 50.6 cm³/mol. The number of likely N-dealkylation sites (tertiary alicyclic amines) is 1. The van der Waals surface area contributed by atoms with Crippen molar-refractivity contribution in [2.75, 3.05) is 13.1 Å². The van der Waals surface area contributed by atoms with E-state index in [2.05, 4.69) is 0 Å². The van der Waals surface area contributed by atoms with Crippen LogP contribution < -0.4 is 5.73 Å². The zero-order chi connectivity index (χ0) is 9.84. The van der Waals surface area contributed by atoms with Crippen molar-refractivity contribution in [2.24, 2.45) is 11.7 Å². The van der Waals surface area contributed by atoms with Gasteiger partial charge < -0.3 is 15.7 Å². The van der Waals surface area contributed by atoms with Crippen molar-refractivity contribution in [3.05, 3.63) is 0 Å². The summed E-state index contributed by atoms with van der Waals surface area (Å²) in [6, 6.07) is 0.189. The molecule has 0 aromatic heterocycles. The Kier molecular flexibility index (Phi) is 3.54.